The van der Waals surface area contributed by atoms with Crippen molar-refractivity contribution in [2.24, 2.45) is 0 Å². The third-order valence-electron chi connectivity index (χ3n) is 3.89. The van der Waals surface area contributed by atoms with E-state index >= 15 is 0 Å². The fourth-order valence-electron chi connectivity index (χ4n) is 2.59. The number of ether oxygens (including phenoxy) is 1. The number of nitrogens with zero attached hydrogens (tertiary/aromatic N) is 1. The Kier molecular flexibility index (Phi) is 5.26. The predicted molar refractivity (Wildman–Crippen MR) is 94.6 cm³/mol. The van der Waals surface area contributed by atoms with E-state index < -0.39 is 36.1 Å². The van der Waals surface area contributed by atoms with E-state index in [2.05, 4.69) is 5.43 Å². The number of para-hydroxylation sites is 1. The van der Waals surface area contributed by atoms with Crippen LogP contribution in [-0.2, 0) is 20.6 Å². The van der Waals surface area contributed by atoms with Gasteiger partial charge in [-0.3, -0.25) is 15.0 Å². The Hall–Kier alpha value is -3.82. The molecule has 2 amide bonds. The van der Waals surface area contributed by atoms with Gasteiger partial charge in [-0.25, -0.2) is 9.80 Å². The Labute approximate surface area is 162 Å². The van der Waals surface area contributed by atoms with Crippen molar-refractivity contribution < 1.29 is 37.4 Å². The van der Waals surface area contributed by atoms with Gasteiger partial charge >= 0.3 is 12.1 Å². The topological polar surface area (TPSA) is 95.9 Å². The van der Waals surface area contributed by atoms with Crippen LogP contribution in [-0.4, -0.2) is 29.5 Å². The Morgan fingerprint density at radius 2 is 1.86 bits per heavy atom. The molecule has 0 unspecified atom stereocenters. The highest BCUT2D eigenvalue weighted by atomic mass is 19.4. The van der Waals surface area contributed by atoms with E-state index in [1.165, 1.54) is 24.3 Å². The summed E-state index contributed by atoms with van der Waals surface area (Å²) in [6, 6.07) is 10.1. The molecule has 0 bridgehead atoms. The van der Waals surface area contributed by atoms with Crippen LogP contribution in [0, 0.1) is 0 Å². The smallest absolute Gasteiger partial charge is 0.416 e. The van der Waals surface area contributed by atoms with E-state index in [9.17, 15) is 27.6 Å². The normalized spacial score (nSPS) is 15.6. The minimum absolute atomic E-state index is 0.125. The van der Waals surface area contributed by atoms with Crippen molar-refractivity contribution in [1.29, 1.82) is 0 Å². The van der Waals surface area contributed by atoms with Gasteiger partial charge in [0.25, 0.3) is 11.8 Å². The number of carbonyl (C=O) groups excluding carboxylic acids is 2. The van der Waals surface area contributed by atoms with Gasteiger partial charge in [-0.15, -0.1) is 0 Å². The van der Waals surface area contributed by atoms with Crippen molar-refractivity contribution in [2.75, 3.05) is 11.6 Å². The third-order valence-corrected chi connectivity index (χ3v) is 3.89. The van der Waals surface area contributed by atoms with Crippen LogP contribution in [0.5, 0.6) is 5.75 Å². The average molecular weight is 406 g/mol. The van der Waals surface area contributed by atoms with Crippen LogP contribution in [0.1, 0.15) is 11.1 Å². The lowest BCUT2D eigenvalue weighted by Crippen LogP contribution is -2.35. The molecule has 10 heteroatoms. The zero-order valence-corrected chi connectivity index (χ0v) is 14.6. The van der Waals surface area contributed by atoms with Crippen LogP contribution in [0.4, 0.5) is 18.9 Å². The monoisotopic (exact) mass is 406 g/mol. The number of aliphatic carboxylic acids is 1. The van der Waals surface area contributed by atoms with Crippen LogP contribution in [0.3, 0.4) is 0 Å². The zero-order chi connectivity index (χ0) is 21.2. The molecule has 0 radical (unpaired) electrons. The number of amides is 2. The van der Waals surface area contributed by atoms with Crippen LogP contribution >= 0.6 is 0 Å². The molecule has 1 aliphatic heterocycles. The van der Waals surface area contributed by atoms with Crippen molar-refractivity contribution in [3.8, 4) is 5.75 Å². The van der Waals surface area contributed by atoms with Crippen LogP contribution in [0.25, 0.3) is 6.08 Å². The Morgan fingerprint density at radius 3 is 2.55 bits per heavy atom. The molecule has 3 rings (SSSR count). The summed E-state index contributed by atoms with van der Waals surface area (Å²) >= 11 is 0. The van der Waals surface area contributed by atoms with Crippen LogP contribution < -0.4 is 15.2 Å². The molecule has 1 saturated heterocycles. The number of carboxylic acid groups (broad SMARTS) is 1. The molecular weight excluding hydrogens is 393 g/mol. The summed E-state index contributed by atoms with van der Waals surface area (Å²) in [7, 11) is 0. The summed E-state index contributed by atoms with van der Waals surface area (Å²) in [6.45, 7) is -0.628. The largest absolute Gasteiger partial charge is 0.481 e. The number of rotatable bonds is 5. The highest BCUT2D eigenvalue weighted by Crippen LogP contribution is 2.32. The summed E-state index contributed by atoms with van der Waals surface area (Å²) in [5.74, 6) is -2.76. The SMILES string of the molecule is O=C(O)COc1ccccc1/C=C1\C(=O)NN(c2cccc(C(F)(F)F)c2)C1=O. The van der Waals surface area contributed by atoms with Crippen molar-refractivity contribution in [3.63, 3.8) is 0 Å². The van der Waals surface area contributed by atoms with Crippen LogP contribution in [0.2, 0.25) is 0 Å². The lowest BCUT2D eigenvalue weighted by molar-refractivity contribution is -0.139. The Balaban J connectivity index is 1.92. The Morgan fingerprint density at radius 1 is 1.14 bits per heavy atom. The molecule has 0 atom stereocenters. The van der Waals surface area contributed by atoms with E-state index in [1.807, 2.05) is 0 Å². The highest BCUT2D eigenvalue weighted by molar-refractivity contribution is 6.31. The second kappa shape index (κ2) is 7.66. The highest BCUT2D eigenvalue weighted by Gasteiger charge is 2.36. The number of carboxylic acids is 1. The number of hydrogen-bond donors (Lipinski definition) is 2. The van der Waals surface area contributed by atoms with Gasteiger partial charge < -0.3 is 9.84 Å². The fourth-order valence-corrected chi connectivity index (χ4v) is 2.59. The molecule has 2 aromatic rings. The van der Waals surface area contributed by atoms with Crippen LogP contribution in [0.15, 0.2) is 54.1 Å². The van der Waals surface area contributed by atoms with Crippen molar-refractivity contribution in [1.82, 2.24) is 5.43 Å². The maximum Gasteiger partial charge on any atom is 0.416 e. The van der Waals surface area contributed by atoms with E-state index in [1.54, 1.807) is 12.1 Å². The van der Waals surface area contributed by atoms with E-state index in [-0.39, 0.29) is 22.6 Å². The van der Waals surface area contributed by atoms with Crippen molar-refractivity contribution in [2.45, 2.75) is 6.18 Å². The molecule has 1 heterocycles. The summed E-state index contributed by atoms with van der Waals surface area (Å²) in [5.41, 5.74) is 1.01. The molecule has 7 nitrogen and oxygen atoms in total. The summed E-state index contributed by atoms with van der Waals surface area (Å²) < 4.78 is 43.8. The molecule has 150 valence electrons. The average Bonchev–Trinajstić information content (AvgIpc) is 2.95. The first kappa shape index (κ1) is 19.9. The third kappa shape index (κ3) is 4.37. The predicted octanol–water partition coefficient (Wildman–Crippen LogP) is 2.63. The molecule has 2 N–H and O–H groups in total. The van der Waals surface area contributed by atoms with E-state index in [4.69, 9.17) is 9.84 Å². The fraction of sp³-hybridized carbons (Fsp3) is 0.105. The number of hydrogen-bond acceptors (Lipinski definition) is 4. The van der Waals surface area contributed by atoms with Gasteiger partial charge in [0.15, 0.2) is 6.61 Å². The molecule has 0 aliphatic carbocycles. The van der Waals surface area contributed by atoms with Gasteiger partial charge in [0.1, 0.15) is 11.3 Å². The minimum Gasteiger partial charge on any atom is -0.481 e. The second-order valence-electron chi connectivity index (χ2n) is 5.91. The van der Waals surface area contributed by atoms with Gasteiger partial charge in [0.05, 0.1) is 11.3 Å². The summed E-state index contributed by atoms with van der Waals surface area (Å²) in [5, 5.41) is 9.44. The maximum absolute atomic E-state index is 12.9. The zero-order valence-electron chi connectivity index (χ0n) is 14.6. The van der Waals surface area contributed by atoms with Gasteiger partial charge in [-0.2, -0.15) is 13.2 Å². The second-order valence-corrected chi connectivity index (χ2v) is 5.91. The molecule has 1 fully saturated rings. The minimum atomic E-state index is -4.61. The first-order valence-corrected chi connectivity index (χ1v) is 8.15. The summed E-state index contributed by atoms with van der Waals surface area (Å²) in [4.78, 5) is 35.5. The lowest BCUT2D eigenvalue weighted by Gasteiger charge is -2.16. The number of nitrogens with one attached hydrogen (secondary N) is 1. The molecule has 1 aliphatic rings. The number of alkyl halides is 3. The lowest BCUT2D eigenvalue weighted by atomic mass is 10.1. The van der Waals surface area contributed by atoms with Crippen molar-refractivity contribution >= 4 is 29.5 Å². The molecule has 2 aromatic carbocycles. The van der Waals surface area contributed by atoms with Crippen molar-refractivity contribution in [3.05, 3.63) is 65.2 Å². The molecule has 0 spiro atoms. The number of carbonyl (C=O) groups is 3. The first-order valence-electron chi connectivity index (χ1n) is 8.15. The number of hydrazine groups is 1. The molecule has 0 saturated carbocycles. The molecule has 0 aromatic heterocycles. The molecular formula is C19H13F3N2O5. The van der Waals surface area contributed by atoms with E-state index in [0.29, 0.717) is 5.01 Å². The molecule has 29 heavy (non-hydrogen) atoms. The van der Waals surface area contributed by atoms with Gasteiger partial charge in [0, 0.05) is 5.56 Å². The quantitative estimate of drug-likeness (QED) is 0.588. The number of benzene rings is 2. The number of halogens is 3. The Bertz CT molecular complexity index is 1020. The van der Waals surface area contributed by atoms with Gasteiger partial charge in [-0.1, -0.05) is 24.3 Å². The van der Waals surface area contributed by atoms with Gasteiger partial charge in [0.2, 0.25) is 0 Å². The van der Waals surface area contributed by atoms with Gasteiger partial charge in [-0.05, 0) is 30.3 Å². The first-order chi connectivity index (χ1) is 13.7. The van der Waals surface area contributed by atoms with E-state index in [0.717, 1.165) is 18.2 Å². The standard InChI is InChI=1S/C19H13F3N2O5/c20-19(21,22)12-5-3-6-13(9-12)24-18(28)14(17(27)23-24)8-11-4-1-2-7-15(11)29-10-16(25)26/h1-9H,10H2,(H,23,27)(H,25,26)/b14-8+. The number of anilines is 1. The maximum atomic E-state index is 12.9. The summed E-state index contributed by atoms with van der Waals surface area (Å²) in [6.07, 6.45) is -3.43.